The summed E-state index contributed by atoms with van der Waals surface area (Å²) in [6.45, 7) is 1.10. The minimum absolute atomic E-state index is 0.0528. The van der Waals surface area contributed by atoms with Crippen LogP contribution in [0.3, 0.4) is 0 Å². The van der Waals surface area contributed by atoms with Gasteiger partial charge in [0.25, 0.3) is 5.91 Å². The van der Waals surface area contributed by atoms with Crippen LogP contribution < -0.4 is 5.32 Å². The van der Waals surface area contributed by atoms with Gasteiger partial charge < -0.3 is 20.1 Å². The molecule has 1 aliphatic heterocycles. The number of hydrogen-bond acceptors (Lipinski definition) is 3. The van der Waals surface area contributed by atoms with Gasteiger partial charge in [0.1, 0.15) is 5.69 Å². The van der Waals surface area contributed by atoms with E-state index in [9.17, 15) is 9.90 Å². The number of amides is 1. The fraction of sp³-hybridized carbons (Fsp3) is 0.545. The van der Waals surface area contributed by atoms with Crippen LogP contribution in [0.5, 0.6) is 0 Å². The van der Waals surface area contributed by atoms with Gasteiger partial charge in [-0.15, -0.1) is 0 Å². The molecule has 0 aliphatic carbocycles. The van der Waals surface area contributed by atoms with Gasteiger partial charge in [-0.05, 0) is 25.0 Å². The van der Waals surface area contributed by atoms with Crippen LogP contribution in [0.1, 0.15) is 23.3 Å². The third-order valence-electron chi connectivity index (χ3n) is 2.97. The summed E-state index contributed by atoms with van der Waals surface area (Å²) >= 11 is 0. The van der Waals surface area contributed by atoms with Crippen molar-refractivity contribution in [2.75, 3.05) is 19.8 Å². The first-order valence-corrected chi connectivity index (χ1v) is 5.40. The fourth-order valence-corrected chi connectivity index (χ4v) is 1.86. The Hall–Kier alpha value is -1.33. The molecule has 1 saturated heterocycles. The minimum Gasteiger partial charge on any atom is -0.394 e. The van der Waals surface area contributed by atoms with Gasteiger partial charge in [0.2, 0.25) is 0 Å². The van der Waals surface area contributed by atoms with Crippen molar-refractivity contribution in [3.8, 4) is 0 Å². The number of carbonyl (C=O) groups is 1. The monoisotopic (exact) mass is 224 g/mol. The highest BCUT2D eigenvalue weighted by molar-refractivity contribution is 5.92. The number of ether oxygens (including phenoxy) is 1. The van der Waals surface area contributed by atoms with Gasteiger partial charge in [0.05, 0.1) is 12.1 Å². The summed E-state index contributed by atoms with van der Waals surface area (Å²) in [5.41, 5.74) is -0.0141. The summed E-state index contributed by atoms with van der Waals surface area (Å²) < 4.78 is 5.23. The Labute approximate surface area is 93.8 Å². The minimum atomic E-state index is -0.527. The number of aliphatic hydroxyl groups excluding tert-OH is 1. The van der Waals surface area contributed by atoms with Crippen molar-refractivity contribution in [2.45, 2.75) is 18.4 Å². The zero-order valence-electron chi connectivity index (χ0n) is 9.03. The van der Waals surface area contributed by atoms with E-state index in [0.29, 0.717) is 31.7 Å². The van der Waals surface area contributed by atoms with Crippen molar-refractivity contribution in [3.05, 3.63) is 24.0 Å². The van der Waals surface area contributed by atoms with Crippen LogP contribution in [0.25, 0.3) is 0 Å². The Morgan fingerprint density at radius 3 is 2.88 bits per heavy atom. The Morgan fingerprint density at radius 2 is 2.31 bits per heavy atom. The summed E-state index contributed by atoms with van der Waals surface area (Å²) in [4.78, 5) is 14.7. The van der Waals surface area contributed by atoms with E-state index >= 15 is 0 Å². The highest BCUT2D eigenvalue weighted by Crippen LogP contribution is 2.20. The van der Waals surface area contributed by atoms with Crippen LogP contribution in [0.15, 0.2) is 18.3 Å². The van der Waals surface area contributed by atoms with Crippen molar-refractivity contribution >= 4 is 5.91 Å². The topological polar surface area (TPSA) is 74.3 Å². The largest absolute Gasteiger partial charge is 0.394 e. The maximum Gasteiger partial charge on any atom is 0.268 e. The van der Waals surface area contributed by atoms with E-state index in [1.54, 1.807) is 18.3 Å². The Balaban J connectivity index is 2.03. The highest BCUT2D eigenvalue weighted by Gasteiger charge is 2.33. The van der Waals surface area contributed by atoms with Crippen LogP contribution in [-0.2, 0) is 4.74 Å². The van der Waals surface area contributed by atoms with E-state index in [1.165, 1.54) is 0 Å². The molecule has 88 valence electrons. The molecule has 0 unspecified atom stereocenters. The molecule has 0 atom stereocenters. The van der Waals surface area contributed by atoms with Crippen molar-refractivity contribution in [1.29, 1.82) is 0 Å². The van der Waals surface area contributed by atoms with Gasteiger partial charge in [-0.1, -0.05) is 0 Å². The van der Waals surface area contributed by atoms with E-state index in [0.717, 1.165) is 0 Å². The number of carbonyl (C=O) groups excluding carboxylic acids is 1. The predicted molar refractivity (Wildman–Crippen MR) is 58.1 cm³/mol. The maximum atomic E-state index is 11.8. The molecule has 16 heavy (non-hydrogen) atoms. The van der Waals surface area contributed by atoms with Gasteiger partial charge in [-0.25, -0.2) is 0 Å². The lowest BCUT2D eigenvalue weighted by molar-refractivity contribution is 0.0124. The first kappa shape index (κ1) is 11.2. The fourth-order valence-electron chi connectivity index (χ4n) is 1.86. The molecule has 0 bridgehead atoms. The summed E-state index contributed by atoms with van der Waals surface area (Å²) in [6, 6.07) is 3.48. The van der Waals surface area contributed by atoms with Crippen molar-refractivity contribution < 1.29 is 14.6 Å². The highest BCUT2D eigenvalue weighted by atomic mass is 16.5. The van der Waals surface area contributed by atoms with Crippen LogP contribution in [-0.4, -0.2) is 41.4 Å². The Kier molecular flexibility index (Phi) is 3.26. The second-order valence-corrected chi connectivity index (χ2v) is 4.09. The molecule has 0 aromatic carbocycles. The lowest BCUT2D eigenvalue weighted by Crippen LogP contribution is -2.54. The molecular weight excluding hydrogens is 208 g/mol. The van der Waals surface area contributed by atoms with E-state index in [2.05, 4.69) is 10.3 Å². The van der Waals surface area contributed by atoms with E-state index < -0.39 is 5.54 Å². The molecule has 2 heterocycles. The first-order chi connectivity index (χ1) is 7.76. The van der Waals surface area contributed by atoms with Crippen molar-refractivity contribution in [3.63, 3.8) is 0 Å². The van der Waals surface area contributed by atoms with Gasteiger partial charge >= 0.3 is 0 Å². The summed E-state index contributed by atoms with van der Waals surface area (Å²) in [5.74, 6) is -0.180. The van der Waals surface area contributed by atoms with Gasteiger partial charge in [-0.3, -0.25) is 4.79 Å². The zero-order chi connectivity index (χ0) is 11.4. The molecular formula is C11H16N2O3. The molecule has 2 rings (SSSR count). The second-order valence-electron chi connectivity index (χ2n) is 4.09. The van der Waals surface area contributed by atoms with Crippen molar-refractivity contribution in [1.82, 2.24) is 10.3 Å². The smallest absolute Gasteiger partial charge is 0.268 e. The molecule has 1 amide bonds. The van der Waals surface area contributed by atoms with Crippen LogP contribution in [0.4, 0.5) is 0 Å². The second kappa shape index (κ2) is 4.67. The van der Waals surface area contributed by atoms with Gasteiger partial charge in [0, 0.05) is 19.4 Å². The molecule has 1 aromatic heterocycles. The number of H-pyrrole nitrogens is 1. The van der Waals surface area contributed by atoms with Crippen LogP contribution >= 0.6 is 0 Å². The lowest BCUT2D eigenvalue weighted by atomic mass is 9.91. The summed E-state index contributed by atoms with van der Waals surface area (Å²) in [5, 5.41) is 12.3. The number of rotatable bonds is 3. The van der Waals surface area contributed by atoms with E-state index in [-0.39, 0.29) is 12.5 Å². The average Bonchev–Trinajstić information content (AvgIpc) is 2.84. The zero-order valence-corrected chi connectivity index (χ0v) is 9.03. The molecule has 0 spiro atoms. The molecule has 5 nitrogen and oxygen atoms in total. The first-order valence-electron chi connectivity index (χ1n) is 5.40. The Bertz CT molecular complexity index is 342. The normalized spacial score (nSPS) is 19.3. The predicted octanol–water partition coefficient (Wildman–Crippen LogP) is 0.286. The van der Waals surface area contributed by atoms with Gasteiger partial charge in [0.15, 0.2) is 0 Å². The van der Waals surface area contributed by atoms with E-state index in [1.807, 2.05) is 0 Å². The number of nitrogens with one attached hydrogen (secondary N) is 2. The average molecular weight is 224 g/mol. The number of aromatic nitrogens is 1. The number of hydrogen-bond donors (Lipinski definition) is 3. The quantitative estimate of drug-likeness (QED) is 0.690. The molecule has 5 heteroatoms. The van der Waals surface area contributed by atoms with Crippen LogP contribution in [0, 0.1) is 0 Å². The molecule has 0 radical (unpaired) electrons. The molecule has 1 fully saturated rings. The molecule has 1 aliphatic rings. The SMILES string of the molecule is O=C(NC1(CO)CCOCC1)c1ccc[nH]1. The number of aromatic amines is 1. The standard InChI is InChI=1S/C11H16N2O3/c14-8-11(3-6-16-7-4-11)13-10(15)9-2-1-5-12-9/h1-2,5,12,14H,3-4,6-8H2,(H,13,15). The summed E-state index contributed by atoms with van der Waals surface area (Å²) in [6.07, 6.45) is 3.00. The summed E-state index contributed by atoms with van der Waals surface area (Å²) in [7, 11) is 0. The third-order valence-corrected chi connectivity index (χ3v) is 2.97. The van der Waals surface area contributed by atoms with Gasteiger partial charge in [-0.2, -0.15) is 0 Å². The molecule has 3 N–H and O–H groups in total. The molecule has 0 saturated carbocycles. The number of aliphatic hydroxyl groups is 1. The van der Waals surface area contributed by atoms with E-state index in [4.69, 9.17) is 4.74 Å². The molecule has 1 aromatic rings. The van der Waals surface area contributed by atoms with Crippen molar-refractivity contribution in [2.24, 2.45) is 0 Å². The van der Waals surface area contributed by atoms with Crippen LogP contribution in [0.2, 0.25) is 0 Å². The maximum absolute atomic E-state index is 11.8. The Morgan fingerprint density at radius 1 is 1.56 bits per heavy atom. The third kappa shape index (κ3) is 2.25. The lowest BCUT2D eigenvalue weighted by Gasteiger charge is -2.36.